The summed E-state index contributed by atoms with van der Waals surface area (Å²) < 4.78 is 6.68. The number of carbonyl (C=O) groups excluding carboxylic acids is 1. The van der Waals surface area contributed by atoms with E-state index in [-0.39, 0.29) is 11.7 Å². The van der Waals surface area contributed by atoms with Crippen LogP contribution in [0.25, 0.3) is 11.4 Å². The Balaban J connectivity index is 1.29. The van der Waals surface area contributed by atoms with Crippen LogP contribution in [0, 0.1) is 0 Å². The summed E-state index contributed by atoms with van der Waals surface area (Å²) in [5, 5.41) is 10.5. The number of nitrogens with one attached hydrogen (secondary N) is 2. The number of aromatic nitrogens is 3. The van der Waals surface area contributed by atoms with Gasteiger partial charge in [0.15, 0.2) is 5.82 Å². The first-order chi connectivity index (χ1) is 14.7. The van der Waals surface area contributed by atoms with Gasteiger partial charge in [0.05, 0.1) is 5.75 Å². The number of hydrogen-bond donors (Lipinski definition) is 2. The predicted molar refractivity (Wildman–Crippen MR) is 122 cm³/mol. The fraction of sp³-hybridized carbons (Fsp3) is 0.0455. The molecule has 150 valence electrons. The lowest BCUT2D eigenvalue weighted by Crippen LogP contribution is -2.14. The molecule has 1 heterocycles. The molecule has 0 radical (unpaired) electrons. The van der Waals surface area contributed by atoms with E-state index in [0.717, 1.165) is 15.8 Å². The quantitative estimate of drug-likeness (QED) is 0.328. The highest BCUT2D eigenvalue weighted by molar-refractivity contribution is 9.10. The van der Waals surface area contributed by atoms with Crippen molar-refractivity contribution < 1.29 is 9.53 Å². The molecule has 1 aromatic heterocycles. The molecule has 30 heavy (non-hydrogen) atoms. The van der Waals surface area contributed by atoms with Crippen LogP contribution in [0.3, 0.4) is 0 Å². The molecule has 3 aromatic carbocycles. The van der Waals surface area contributed by atoms with Crippen LogP contribution < -0.4 is 10.1 Å². The van der Waals surface area contributed by atoms with E-state index < -0.39 is 0 Å². The van der Waals surface area contributed by atoms with Crippen LogP contribution in [-0.2, 0) is 4.79 Å². The standard InChI is InChI=1S/C22H17BrN4O2S/c23-19-9-5-4-8-18(19)21-25-22(27-26-21)30-14-20(28)24-15-10-12-17(13-11-15)29-16-6-2-1-3-7-16/h1-13H,14H2,(H,24,28)(H,25,26,27). The molecule has 0 bridgehead atoms. The van der Waals surface area contributed by atoms with E-state index in [0.29, 0.717) is 22.4 Å². The van der Waals surface area contributed by atoms with Crippen molar-refractivity contribution in [3.63, 3.8) is 0 Å². The van der Waals surface area contributed by atoms with Crippen molar-refractivity contribution in [3.05, 3.63) is 83.3 Å². The second-order valence-corrected chi connectivity index (χ2v) is 8.02. The van der Waals surface area contributed by atoms with Crippen LogP contribution in [0.1, 0.15) is 0 Å². The number of thioether (sulfide) groups is 1. The highest BCUT2D eigenvalue weighted by Gasteiger charge is 2.11. The minimum atomic E-state index is -0.135. The van der Waals surface area contributed by atoms with Crippen LogP contribution in [0.15, 0.2) is 88.5 Å². The Morgan fingerprint density at radius 2 is 1.67 bits per heavy atom. The van der Waals surface area contributed by atoms with E-state index in [1.54, 1.807) is 12.1 Å². The number of hydrogen-bond acceptors (Lipinski definition) is 5. The van der Waals surface area contributed by atoms with E-state index >= 15 is 0 Å². The minimum Gasteiger partial charge on any atom is -0.457 e. The molecule has 0 fully saturated rings. The summed E-state index contributed by atoms with van der Waals surface area (Å²) in [6.45, 7) is 0. The van der Waals surface area contributed by atoms with E-state index in [9.17, 15) is 4.79 Å². The summed E-state index contributed by atoms with van der Waals surface area (Å²) in [6, 6.07) is 24.5. The van der Waals surface area contributed by atoms with Gasteiger partial charge in [0.1, 0.15) is 11.5 Å². The third-order valence-electron chi connectivity index (χ3n) is 4.04. The molecule has 2 N–H and O–H groups in total. The number of carbonyl (C=O) groups is 1. The van der Waals surface area contributed by atoms with Gasteiger partial charge in [-0.15, -0.1) is 5.10 Å². The van der Waals surface area contributed by atoms with Gasteiger partial charge in [0, 0.05) is 15.7 Å². The third-order valence-corrected chi connectivity index (χ3v) is 5.58. The zero-order valence-corrected chi connectivity index (χ0v) is 18.1. The highest BCUT2D eigenvalue weighted by Crippen LogP contribution is 2.27. The third kappa shape index (κ3) is 5.28. The Morgan fingerprint density at radius 1 is 0.967 bits per heavy atom. The molecule has 6 nitrogen and oxygen atoms in total. The number of ether oxygens (including phenoxy) is 1. The van der Waals surface area contributed by atoms with Crippen LogP contribution in [0.4, 0.5) is 5.69 Å². The number of H-pyrrole nitrogens is 1. The van der Waals surface area contributed by atoms with E-state index in [4.69, 9.17) is 4.74 Å². The lowest BCUT2D eigenvalue weighted by Gasteiger charge is -2.07. The maximum atomic E-state index is 12.3. The topological polar surface area (TPSA) is 79.9 Å². The van der Waals surface area contributed by atoms with Crippen molar-refractivity contribution in [1.82, 2.24) is 15.2 Å². The number of rotatable bonds is 7. The van der Waals surface area contributed by atoms with Gasteiger partial charge in [-0.25, -0.2) is 4.98 Å². The number of nitrogens with zero attached hydrogens (tertiary/aromatic N) is 2. The number of anilines is 1. The first-order valence-electron chi connectivity index (χ1n) is 9.10. The van der Waals surface area contributed by atoms with Gasteiger partial charge in [-0.3, -0.25) is 9.89 Å². The Bertz CT molecular complexity index is 1130. The second-order valence-electron chi connectivity index (χ2n) is 6.22. The van der Waals surface area contributed by atoms with Gasteiger partial charge in [0.25, 0.3) is 0 Å². The lowest BCUT2D eigenvalue weighted by atomic mass is 10.2. The molecule has 4 aromatic rings. The van der Waals surface area contributed by atoms with Crippen molar-refractivity contribution in [1.29, 1.82) is 0 Å². The summed E-state index contributed by atoms with van der Waals surface area (Å²) >= 11 is 4.77. The molecular weight excluding hydrogens is 464 g/mol. The largest absolute Gasteiger partial charge is 0.457 e. The number of aromatic amines is 1. The van der Waals surface area contributed by atoms with Crippen LogP contribution >= 0.6 is 27.7 Å². The minimum absolute atomic E-state index is 0.135. The molecule has 0 saturated heterocycles. The number of para-hydroxylation sites is 1. The average Bonchev–Trinajstić information content (AvgIpc) is 3.24. The number of benzene rings is 3. The number of amides is 1. The van der Waals surface area contributed by atoms with Gasteiger partial charge in [-0.1, -0.05) is 64.1 Å². The van der Waals surface area contributed by atoms with Gasteiger partial charge in [-0.05, 0) is 42.5 Å². The normalized spacial score (nSPS) is 10.6. The predicted octanol–water partition coefficient (Wildman–Crippen LogP) is 5.76. The van der Waals surface area contributed by atoms with Crippen LogP contribution in [0.2, 0.25) is 0 Å². The van der Waals surface area contributed by atoms with Gasteiger partial charge >= 0.3 is 0 Å². The maximum Gasteiger partial charge on any atom is 0.234 e. The molecule has 0 unspecified atom stereocenters. The average molecular weight is 481 g/mol. The SMILES string of the molecule is O=C(CSc1n[nH]c(-c2ccccc2Br)n1)Nc1ccc(Oc2ccccc2)cc1. The Kier molecular flexibility index (Phi) is 6.46. The molecule has 0 spiro atoms. The summed E-state index contributed by atoms with van der Waals surface area (Å²) in [4.78, 5) is 16.7. The molecule has 0 aliphatic carbocycles. The summed E-state index contributed by atoms with van der Waals surface area (Å²) in [5.74, 6) is 2.19. The molecule has 1 amide bonds. The Hall–Kier alpha value is -3.10. The summed E-state index contributed by atoms with van der Waals surface area (Å²) in [5.41, 5.74) is 1.61. The maximum absolute atomic E-state index is 12.3. The van der Waals surface area contributed by atoms with Crippen molar-refractivity contribution in [2.75, 3.05) is 11.1 Å². The highest BCUT2D eigenvalue weighted by atomic mass is 79.9. The molecule has 0 aliphatic rings. The van der Waals surface area contributed by atoms with Crippen LogP contribution in [0.5, 0.6) is 11.5 Å². The fourth-order valence-corrected chi connectivity index (χ4v) is 3.71. The monoisotopic (exact) mass is 480 g/mol. The first kappa shape index (κ1) is 20.2. The molecule has 8 heteroatoms. The van der Waals surface area contributed by atoms with Gasteiger partial charge in [0.2, 0.25) is 11.1 Å². The smallest absolute Gasteiger partial charge is 0.234 e. The summed E-state index contributed by atoms with van der Waals surface area (Å²) in [6.07, 6.45) is 0. The summed E-state index contributed by atoms with van der Waals surface area (Å²) in [7, 11) is 0. The van der Waals surface area contributed by atoms with Crippen molar-refractivity contribution in [2.24, 2.45) is 0 Å². The van der Waals surface area contributed by atoms with Crippen LogP contribution in [-0.4, -0.2) is 26.8 Å². The fourth-order valence-electron chi connectivity index (χ4n) is 2.64. The Morgan fingerprint density at radius 3 is 2.43 bits per heavy atom. The van der Waals surface area contributed by atoms with E-state index in [1.165, 1.54) is 11.8 Å². The molecule has 0 aliphatic heterocycles. The Labute approximate surface area is 186 Å². The van der Waals surface area contributed by atoms with Crippen molar-refractivity contribution in [3.8, 4) is 22.9 Å². The van der Waals surface area contributed by atoms with Gasteiger partial charge in [-0.2, -0.15) is 0 Å². The van der Waals surface area contributed by atoms with E-state index in [1.807, 2.05) is 66.7 Å². The molecule has 4 rings (SSSR count). The van der Waals surface area contributed by atoms with Crippen molar-refractivity contribution in [2.45, 2.75) is 5.16 Å². The first-order valence-corrected chi connectivity index (χ1v) is 10.9. The van der Waals surface area contributed by atoms with Gasteiger partial charge < -0.3 is 10.1 Å². The zero-order valence-electron chi connectivity index (χ0n) is 15.7. The number of halogens is 1. The molecule has 0 atom stereocenters. The molecular formula is C22H17BrN4O2S. The van der Waals surface area contributed by atoms with Crippen molar-refractivity contribution >= 4 is 39.3 Å². The zero-order chi connectivity index (χ0) is 20.8. The lowest BCUT2D eigenvalue weighted by molar-refractivity contribution is -0.113. The second kappa shape index (κ2) is 9.60. The van der Waals surface area contributed by atoms with E-state index in [2.05, 4.69) is 36.4 Å². The molecule has 0 saturated carbocycles.